The van der Waals surface area contributed by atoms with E-state index in [9.17, 15) is 4.79 Å². The Labute approximate surface area is 160 Å². The second-order valence-corrected chi connectivity index (χ2v) is 8.13. The predicted octanol–water partition coefficient (Wildman–Crippen LogP) is 3.13. The van der Waals surface area contributed by atoms with Gasteiger partial charge in [-0.15, -0.1) is 0 Å². The predicted molar refractivity (Wildman–Crippen MR) is 107 cm³/mol. The molecule has 2 aromatic rings. The standard InChI is InChI=1S/C20H28N4OS/c1-5-22-11-13-23(14-12-22)19(25)17(4)26-20-21-9-10-24(20)18-8-6-7-15(2)16(18)3/h6-10,17H,5,11-14H2,1-4H3/t17-/m0/s1. The van der Waals surface area contributed by atoms with E-state index in [1.54, 1.807) is 18.0 Å². The van der Waals surface area contributed by atoms with Gasteiger partial charge in [0.1, 0.15) is 0 Å². The van der Waals surface area contributed by atoms with E-state index in [1.165, 1.54) is 11.1 Å². The van der Waals surface area contributed by atoms with Gasteiger partial charge in [0, 0.05) is 38.6 Å². The average Bonchev–Trinajstić information content (AvgIpc) is 3.11. The molecule has 1 aromatic heterocycles. The van der Waals surface area contributed by atoms with Gasteiger partial charge >= 0.3 is 0 Å². The minimum absolute atomic E-state index is 0.144. The van der Waals surface area contributed by atoms with Crippen LogP contribution >= 0.6 is 11.8 Å². The van der Waals surface area contributed by atoms with Crippen LogP contribution in [0, 0.1) is 13.8 Å². The van der Waals surface area contributed by atoms with Gasteiger partial charge in [-0.2, -0.15) is 0 Å². The van der Waals surface area contributed by atoms with E-state index < -0.39 is 0 Å². The van der Waals surface area contributed by atoms with Crippen LogP contribution in [0.15, 0.2) is 35.7 Å². The molecule has 0 spiro atoms. The fraction of sp³-hybridized carbons (Fsp3) is 0.500. The summed E-state index contributed by atoms with van der Waals surface area (Å²) in [5.41, 5.74) is 3.62. The molecule has 1 atom stereocenters. The summed E-state index contributed by atoms with van der Waals surface area (Å²) in [5.74, 6) is 0.210. The van der Waals surface area contributed by atoms with E-state index in [1.807, 2.05) is 18.0 Å². The average molecular weight is 373 g/mol. The number of aryl methyl sites for hydroxylation is 1. The van der Waals surface area contributed by atoms with Gasteiger partial charge in [-0.1, -0.05) is 30.8 Å². The molecule has 0 N–H and O–H groups in total. The summed E-state index contributed by atoms with van der Waals surface area (Å²) in [4.78, 5) is 21.7. The van der Waals surface area contributed by atoms with Gasteiger partial charge in [0.2, 0.25) is 5.91 Å². The van der Waals surface area contributed by atoms with Gasteiger partial charge in [0.25, 0.3) is 0 Å². The van der Waals surface area contributed by atoms with Crippen molar-refractivity contribution in [2.45, 2.75) is 38.1 Å². The second kappa shape index (κ2) is 8.27. The van der Waals surface area contributed by atoms with Crippen molar-refractivity contribution in [1.29, 1.82) is 0 Å². The van der Waals surface area contributed by atoms with Crippen molar-refractivity contribution in [2.75, 3.05) is 32.7 Å². The lowest BCUT2D eigenvalue weighted by Crippen LogP contribution is -2.50. The van der Waals surface area contributed by atoms with Crippen molar-refractivity contribution < 1.29 is 4.79 Å². The lowest BCUT2D eigenvalue weighted by Gasteiger charge is -2.35. The number of carbonyl (C=O) groups excluding carboxylic acids is 1. The molecule has 2 heterocycles. The number of hydrogen-bond donors (Lipinski definition) is 0. The van der Waals surface area contributed by atoms with Crippen LogP contribution in [-0.4, -0.2) is 63.2 Å². The number of benzene rings is 1. The maximum absolute atomic E-state index is 12.8. The monoisotopic (exact) mass is 372 g/mol. The third kappa shape index (κ3) is 3.96. The Kier molecular flexibility index (Phi) is 6.04. The van der Waals surface area contributed by atoms with E-state index in [-0.39, 0.29) is 11.2 Å². The lowest BCUT2D eigenvalue weighted by molar-refractivity contribution is -0.132. The summed E-state index contributed by atoms with van der Waals surface area (Å²) < 4.78 is 2.09. The largest absolute Gasteiger partial charge is 0.339 e. The van der Waals surface area contributed by atoms with Gasteiger partial charge in [0.15, 0.2) is 5.16 Å². The first kappa shape index (κ1) is 19.0. The highest BCUT2D eigenvalue weighted by molar-refractivity contribution is 8.00. The molecule has 1 aliphatic rings. The number of aromatic nitrogens is 2. The first-order valence-electron chi connectivity index (χ1n) is 9.29. The quantitative estimate of drug-likeness (QED) is 0.756. The van der Waals surface area contributed by atoms with Gasteiger partial charge in [-0.25, -0.2) is 4.98 Å². The van der Waals surface area contributed by atoms with Gasteiger partial charge in [-0.3, -0.25) is 9.36 Å². The van der Waals surface area contributed by atoms with Crippen LogP contribution in [0.1, 0.15) is 25.0 Å². The van der Waals surface area contributed by atoms with Crippen molar-refractivity contribution in [3.63, 3.8) is 0 Å². The molecule has 140 valence electrons. The molecule has 5 nitrogen and oxygen atoms in total. The SMILES string of the molecule is CCN1CCN(C(=O)[C@H](C)Sc2nccn2-c2cccc(C)c2C)CC1. The Morgan fingerprint density at radius 2 is 1.96 bits per heavy atom. The number of likely N-dealkylation sites (N-methyl/N-ethyl adjacent to an activating group) is 1. The Morgan fingerprint density at radius 3 is 2.65 bits per heavy atom. The Balaban J connectivity index is 1.71. The smallest absolute Gasteiger partial charge is 0.235 e. The normalized spacial score (nSPS) is 16.7. The number of thioether (sulfide) groups is 1. The molecule has 1 amide bonds. The zero-order chi connectivity index (χ0) is 18.7. The third-order valence-electron chi connectivity index (χ3n) is 5.20. The van der Waals surface area contributed by atoms with Crippen LogP contribution in [0.25, 0.3) is 5.69 Å². The zero-order valence-electron chi connectivity index (χ0n) is 16.1. The molecule has 0 unspecified atom stereocenters. The van der Waals surface area contributed by atoms with Crippen LogP contribution < -0.4 is 0 Å². The topological polar surface area (TPSA) is 41.4 Å². The van der Waals surface area contributed by atoms with Crippen LogP contribution in [0.4, 0.5) is 0 Å². The van der Waals surface area contributed by atoms with E-state index in [0.29, 0.717) is 0 Å². The summed E-state index contributed by atoms with van der Waals surface area (Å²) >= 11 is 1.54. The number of imidazole rings is 1. The summed E-state index contributed by atoms with van der Waals surface area (Å²) in [6, 6.07) is 6.28. The first-order valence-corrected chi connectivity index (χ1v) is 10.2. The number of piperazine rings is 1. The number of amides is 1. The molecule has 1 saturated heterocycles. The second-order valence-electron chi connectivity index (χ2n) is 6.82. The molecule has 26 heavy (non-hydrogen) atoms. The molecule has 0 saturated carbocycles. The highest BCUT2D eigenvalue weighted by atomic mass is 32.2. The van der Waals surface area contributed by atoms with Gasteiger partial charge < -0.3 is 9.80 Å². The fourth-order valence-corrected chi connectivity index (χ4v) is 4.27. The molecule has 1 aromatic carbocycles. The fourth-order valence-electron chi connectivity index (χ4n) is 3.31. The van der Waals surface area contributed by atoms with Crippen LogP contribution in [0.3, 0.4) is 0 Å². The maximum Gasteiger partial charge on any atom is 0.235 e. The van der Waals surface area contributed by atoms with Gasteiger partial charge in [0.05, 0.1) is 10.9 Å². The molecule has 6 heteroatoms. The third-order valence-corrected chi connectivity index (χ3v) is 6.27. The van der Waals surface area contributed by atoms with Crippen LogP contribution in [0.5, 0.6) is 0 Å². The highest BCUT2D eigenvalue weighted by Gasteiger charge is 2.26. The molecule has 3 rings (SSSR count). The molecule has 0 radical (unpaired) electrons. The summed E-state index contributed by atoms with van der Waals surface area (Å²) in [5, 5.41) is 0.723. The number of rotatable bonds is 5. The summed E-state index contributed by atoms with van der Waals surface area (Å²) in [6.07, 6.45) is 3.78. The Morgan fingerprint density at radius 1 is 1.23 bits per heavy atom. The number of nitrogens with zero attached hydrogens (tertiary/aromatic N) is 4. The molecular formula is C20H28N4OS. The van der Waals surface area contributed by atoms with Crippen LogP contribution in [0.2, 0.25) is 0 Å². The molecular weight excluding hydrogens is 344 g/mol. The van der Waals surface area contributed by atoms with Crippen LogP contribution in [-0.2, 0) is 4.79 Å². The van der Waals surface area contributed by atoms with Crippen molar-refractivity contribution >= 4 is 17.7 Å². The zero-order valence-corrected chi connectivity index (χ0v) is 16.9. The number of hydrogen-bond acceptors (Lipinski definition) is 4. The van der Waals surface area contributed by atoms with E-state index >= 15 is 0 Å². The minimum atomic E-state index is -0.144. The molecule has 0 aliphatic carbocycles. The number of carbonyl (C=O) groups is 1. The van der Waals surface area contributed by atoms with Crippen molar-refractivity contribution in [3.8, 4) is 5.69 Å². The van der Waals surface area contributed by atoms with E-state index in [2.05, 4.69) is 53.4 Å². The molecule has 0 bridgehead atoms. The summed E-state index contributed by atoms with van der Waals surface area (Å²) in [7, 11) is 0. The van der Waals surface area contributed by atoms with Gasteiger partial charge in [-0.05, 0) is 44.5 Å². The minimum Gasteiger partial charge on any atom is -0.339 e. The maximum atomic E-state index is 12.8. The Bertz CT molecular complexity index is 765. The first-order chi connectivity index (χ1) is 12.5. The van der Waals surface area contributed by atoms with Crippen molar-refractivity contribution in [1.82, 2.24) is 19.4 Å². The summed E-state index contributed by atoms with van der Waals surface area (Å²) in [6.45, 7) is 13.0. The van der Waals surface area contributed by atoms with E-state index in [0.717, 1.165) is 43.6 Å². The van der Waals surface area contributed by atoms with Crippen molar-refractivity contribution in [3.05, 3.63) is 41.7 Å². The highest BCUT2D eigenvalue weighted by Crippen LogP contribution is 2.28. The molecule has 1 fully saturated rings. The molecule has 1 aliphatic heterocycles. The lowest BCUT2D eigenvalue weighted by atomic mass is 10.1. The Hall–Kier alpha value is -1.79. The van der Waals surface area contributed by atoms with E-state index in [4.69, 9.17) is 0 Å². The van der Waals surface area contributed by atoms with Crippen molar-refractivity contribution in [2.24, 2.45) is 0 Å².